The van der Waals surface area contributed by atoms with Crippen LogP contribution in [0.25, 0.3) is 0 Å². The van der Waals surface area contributed by atoms with Crippen molar-refractivity contribution in [1.29, 1.82) is 0 Å². The fourth-order valence-electron chi connectivity index (χ4n) is 2.03. The van der Waals surface area contributed by atoms with Gasteiger partial charge in [-0.2, -0.15) is 12.6 Å². The Hall–Kier alpha value is -0.380. The predicted molar refractivity (Wildman–Crippen MR) is 85.0 cm³/mol. The van der Waals surface area contributed by atoms with Crippen LogP contribution < -0.4 is 10.6 Å². The first kappa shape index (κ1) is 15.7. The van der Waals surface area contributed by atoms with Crippen LogP contribution in [0, 0.1) is 0 Å². The van der Waals surface area contributed by atoms with E-state index >= 15 is 0 Å². The van der Waals surface area contributed by atoms with Crippen LogP contribution in [0.5, 0.6) is 0 Å². The molecule has 1 rings (SSSR count). The van der Waals surface area contributed by atoms with Gasteiger partial charge in [0.1, 0.15) is 0 Å². The number of halogens is 1. The molecule has 0 amide bonds. The van der Waals surface area contributed by atoms with Gasteiger partial charge in [0.2, 0.25) is 0 Å². The molecule has 2 atom stereocenters. The van der Waals surface area contributed by atoms with E-state index in [1.807, 2.05) is 12.1 Å². The first-order chi connectivity index (χ1) is 8.54. The average molecular weight is 287 g/mol. The fourth-order valence-corrected chi connectivity index (χ4v) is 2.49. The monoisotopic (exact) mass is 286 g/mol. The highest BCUT2D eigenvalue weighted by atomic mass is 35.5. The Morgan fingerprint density at radius 1 is 1.28 bits per heavy atom. The summed E-state index contributed by atoms with van der Waals surface area (Å²) in [6.07, 6.45) is 0.929. The highest BCUT2D eigenvalue weighted by Crippen LogP contribution is 2.30. The second kappa shape index (κ2) is 7.27. The summed E-state index contributed by atoms with van der Waals surface area (Å²) in [5, 5.41) is 0.876. The third-order valence-corrected chi connectivity index (χ3v) is 4.32. The molecular weight excluding hydrogens is 264 g/mol. The van der Waals surface area contributed by atoms with Crippen LogP contribution in [0.1, 0.15) is 38.8 Å². The number of nitrogens with zero attached hydrogens (tertiary/aromatic N) is 1. The van der Waals surface area contributed by atoms with Crippen LogP contribution in [0.15, 0.2) is 18.2 Å². The maximum absolute atomic E-state index is 6.34. The normalized spacial score (nSPS) is 14.3. The van der Waals surface area contributed by atoms with Gasteiger partial charge in [0.25, 0.3) is 0 Å². The highest BCUT2D eigenvalue weighted by molar-refractivity contribution is 7.81. The molecule has 4 heteroatoms. The molecule has 0 saturated heterocycles. The molecule has 0 aromatic heterocycles. The molecule has 0 bridgehead atoms. The molecule has 1 aromatic rings. The summed E-state index contributed by atoms with van der Waals surface area (Å²) in [4.78, 5) is 2.26. The summed E-state index contributed by atoms with van der Waals surface area (Å²) in [7, 11) is 0. The highest BCUT2D eigenvalue weighted by Gasteiger charge is 2.17. The number of hydrogen-bond donors (Lipinski definition) is 2. The lowest BCUT2D eigenvalue weighted by Gasteiger charge is -2.24. The van der Waals surface area contributed by atoms with Gasteiger partial charge in [0.15, 0.2) is 0 Å². The Kier molecular flexibility index (Phi) is 6.33. The maximum Gasteiger partial charge on any atom is 0.0474 e. The van der Waals surface area contributed by atoms with Crippen molar-refractivity contribution in [3.8, 4) is 0 Å². The summed E-state index contributed by atoms with van der Waals surface area (Å²) >= 11 is 10.8. The Morgan fingerprint density at radius 3 is 2.33 bits per heavy atom. The predicted octanol–water partition coefficient (Wildman–Crippen LogP) is 3.89. The van der Waals surface area contributed by atoms with Crippen molar-refractivity contribution in [1.82, 2.24) is 0 Å². The van der Waals surface area contributed by atoms with E-state index < -0.39 is 0 Å². The molecule has 0 spiro atoms. The Balaban J connectivity index is 2.99. The second-order valence-electron chi connectivity index (χ2n) is 4.38. The van der Waals surface area contributed by atoms with Gasteiger partial charge in [-0.1, -0.05) is 24.6 Å². The molecular formula is C14H23ClN2S. The molecule has 0 aliphatic carbocycles. The SMILES string of the molecule is CCC(S)C(N)c1ccc(N(CC)CC)cc1Cl. The summed E-state index contributed by atoms with van der Waals surface area (Å²) < 4.78 is 0. The maximum atomic E-state index is 6.34. The van der Waals surface area contributed by atoms with Crippen LogP contribution >= 0.6 is 24.2 Å². The topological polar surface area (TPSA) is 29.3 Å². The van der Waals surface area contributed by atoms with E-state index in [1.165, 1.54) is 0 Å². The van der Waals surface area contributed by atoms with Gasteiger partial charge >= 0.3 is 0 Å². The lowest BCUT2D eigenvalue weighted by molar-refractivity contribution is 0.660. The largest absolute Gasteiger partial charge is 0.372 e. The zero-order chi connectivity index (χ0) is 13.7. The summed E-state index contributed by atoms with van der Waals surface area (Å²) in [6.45, 7) is 8.30. The molecule has 0 saturated carbocycles. The number of nitrogens with two attached hydrogens (primary N) is 1. The summed E-state index contributed by atoms with van der Waals surface area (Å²) in [5.41, 5.74) is 8.29. The molecule has 0 fully saturated rings. The van der Waals surface area contributed by atoms with Crippen molar-refractivity contribution in [2.24, 2.45) is 5.73 Å². The molecule has 2 unspecified atom stereocenters. The molecule has 2 N–H and O–H groups in total. The van der Waals surface area contributed by atoms with E-state index in [1.54, 1.807) is 0 Å². The average Bonchev–Trinajstić information content (AvgIpc) is 2.38. The fraction of sp³-hybridized carbons (Fsp3) is 0.571. The minimum Gasteiger partial charge on any atom is -0.372 e. The van der Waals surface area contributed by atoms with Crippen molar-refractivity contribution in [2.45, 2.75) is 38.5 Å². The Morgan fingerprint density at radius 2 is 1.89 bits per heavy atom. The van der Waals surface area contributed by atoms with E-state index in [2.05, 4.69) is 44.4 Å². The molecule has 102 valence electrons. The lowest BCUT2D eigenvalue weighted by Crippen LogP contribution is -2.23. The lowest BCUT2D eigenvalue weighted by atomic mass is 10.0. The van der Waals surface area contributed by atoms with E-state index in [0.717, 1.165) is 35.8 Å². The first-order valence-electron chi connectivity index (χ1n) is 6.53. The minimum atomic E-state index is -0.114. The van der Waals surface area contributed by atoms with Crippen molar-refractivity contribution in [3.05, 3.63) is 28.8 Å². The van der Waals surface area contributed by atoms with Crippen LogP contribution in [-0.4, -0.2) is 18.3 Å². The number of benzene rings is 1. The molecule has 0 heterocycles. The van der Waals surface area contributed by atoms with Crippen molar-refractivity contribution >= 4 is 29.9 Å². The van der Waals surface area contributed by atoms with Gasteiger partial charge in [-0.3, -0.25) is 0 Å². The molecule has 18 heavy (non-hydrogen) atoms. The smallest absolute Gasteiger partial charge is 0.0474 e. The zero-order valence-corrected chi connectivity index (χ0v) is 13.0. The molecule has 2 nitrogen and oxygen atoms in total. The minimum absolute atomic E-state index is 0.114. The number of rotatable bonds is 6. The van der Waals surface area contributed by atoms with Gasteiger partial charge in [-0.25, -0.2) is 0 Å². The summed E-state index contributed by atoms with van der Waals surface area (Å²) in [6, 6.07) is 6.00. The van der Waals surface area contributed by atoms with Gasteiger partial charge in [0.05, 0.1) is 0 Å². The molecule has 0 radical (unpaired) electrons. The van der Waals surface area contributed by atoms with E-state index in [9.17, 15) is 0 Å². The van der Waals surface area contributed by atoms with Crippen LogP contribution in [0.4, 0.5) is 5.69 Å². The van der Waals surface area contributed by atoms with Gasteiger partial charge in [0, 0.05) is 35.1 Å². The van der Waals surface area contributed by atoms with Crippen LogP contribution in [-0.2, 0) is 0 Å². The second-order valence-corrected chi connectivity index (χ2v) is 5.45. The zero-order valence-electron chi connectivity index (χ0n) is 11.4. The summed E-state index contributed by atoms with van der Waals surface area (Å²) in [5.74, 6) is 0. The Labute approximate surface area is 121 Å². The van der Waals surface area contributed by atoms with E-state index in [-0.39, 0.29) is 11.3 Å². The van der Waals surface area contributed by atoms with Crippen LogP contribution in [0.2, 0.25) is 5.02 Å². The van der Waals surface area contributed by atoms with Crippen LogP contribution in [0.3, 0.4) is 0 Å². The van der Waals surface area contributed by atoms with E-state index in [4.69, 9.17) is 17.3 Å². The van der Waals surface area contributed by atoms with Gasteiger partial charge < -0.3 is 10.6 Å². The van der Waals surface area contributed by atoms with E-state index in [0.29, 0.717) is 0 Å². The first-order valence-corrected chi connectivity index (χ1v) is 7.42. The van der Waals surface area contributed by atoms with Crippen molar-refractivity contribution in [3.63, 3.8) is 0 Å². The molecule has 0 aliphatic heterocycles. The van der Waals surface area contributed by atoms with Gasteiger partial charge in [-0.15, -0.1) is 0 Å². The van der Waals surface area contributed by atoms with Crippen molar-refractivity contribution < 1.29 is 0 Å². The number of thiol groups is 1. The third kappa shape index (κ3) is 3.56. The number of anilines is 1. The van der Waals surface area contributed by atoms with Crippen molar-refractivity contribution in [2.75, 3.05) is 18.0 Å². The quantitative estimate of drug-likeness (QED) is 0.777. The number of hydrogen-bond acceptors (Lipinski definition) is 3. The third-order valence-electron chi connectivity index (χ3n) is 3.30. The molecule has 1 aromatic carbocycles. The Bertz CT molecular complexity index is 380. The molecule has 0 aliphatic rings. The van der Waals surface area contributed by atoms with Gasteiger partial charge in [-0.05, 0) is 38.0 Å². The standard InChI is InChI=1S/C14H23ClN2S/c1-4-13(18)14(16)11-8-7-10(9-12(11)15)17(5-2)6-3/h7-9,13-14,18H,4-6,16H2,1-3H3.